The summed E-state index contributed by atoms with van der Waals surface area (Å²) < 4.78 is 77.7. The standard InChI is InChI=1S/C20H15F6N5O2/c1-30-28-16-13-8-10(18(33)27-9-15(32)20(24,25)26)2-7-14(13)31(17(16)29-30)12-5-3-11(4-6-12)19(21,22)23/h2-8,15,32H,9H2,1H3,(H,27,33)/t15-/m1/s1. The maximum atomic E-state index is 12.9. The minimum atomic E-state index is -4.87. The van der Waals surface area contributed by atoms with Gasteiger partial charge in [-0.25, -0.2) is 0 Å². The van der Waals surface area contributed by atoms with E-state index in [4.69, 9.17) is 5.11 Å². The lowest BCUT2D eigenvalue weighted by Crippen LogP contribution is -2.40. The Balaban J connectivity index is 1.75. The number of aliphatic hydroxyl groups is 1. The molecule has 0 unspecified atom stereocenters. The quantitative estimate of drug-likeness (QED) is 0.446. The van der Waals surface area contributed by atoms with Gasteiger partial charge in [-0.05, 0) is 42.5 Å². The number of hydrogen-bond donors (Lipinski definition) is 2. The van der Waals surface area contributed by atoms with E-state index in [1.165, 1.54) is 42.2 Å². The molecule has 0 radical (unpaired) electrons. The molecular formula is C20H15F6N5O2. The maximum absolute atomic E-state index is 12.9. The van der Waals surface area contributed by atoms with E-state index in [1.807, 2.05) is 5.32 Å². The largest absolute Gasteiger partial charge is 0.416 e. The molecule has 33 heavy (non-hydrogen) atoms. The van der Waals surface area contributed by atoms with Crippen LogP contribution in [-0.4, -0.2) is 49.4 Å². The second kappa shape index (κ2) is 7.76. The van der Waals surface area contributed by atoms with Crippen molar-refractivity contribution in [3.8, 4) is 5.69 Å². The van der Waals surface area contributed by atoms with E-state index in [2.05, 4.69) is 10.2 Å². The third-order valence-corrected chi connectivity index (χ3v) is 4.95. The highest BCUT2D eigenvalue weighted by atomic mass is 19.4. The van der Waals surface area contributed by atoms with Crippen LogP contribution < -0.4 is 5.32 Å². The SMILES string of the molecule is Cn1nc2c3cc(C(=O)NC[C@@H](O)C(F)(F)F)ccc3n(-c3ccc(C(F)(F)F)cc3)c2n1. The molecule has 13 heteroatoms. The summed E-state index contributed by atoms with van der Waals surface area (Å²) >= 11 is 0. The Kier molecular flexibility index (Phi) is 5.31. The van der Waals surface area contributed by atoms with Crippen molar-refractivity contribution >= 4 is 28.0 Å². The summed E-state index contributed by atoms with van der Waals surface area (Å²) in [4.78, 5) is 13.6. The zero-order chi connectivity index (χ0) is 24.1. The number of nitrogens with one attached hydrogen (secondary N) is 1. The molecule has 0 saturated carbocycles. The van der Waals surface area contributed by atoms with E-state index < -0.39 is 36.5 Å². The Hall–Kier alpha value is -3.61. The van der Waals surface area contributed by atoms with Crippen molar-refractivity contribution in [1.82, 2.24) is 24.9 Å². The number of carbonyl (C=O) groups is 1. The number of fused-ring (bicyclic) bond motifs is 3. The van der Waals surface area contributed by atoms with E-state index in [0.29, 0.717) is 27.8 Å². The molecule has 4 rings (SSSR count). The van der Waals surface area contributed by atoms with Gasteiger partial charge in [0, 0.05) is 23.7 Å². The van der Waals surface area contributed by atoms with Gasteiger partial charge in [-0.3, -0.25) is 9.36 Å². The highest BCUT2D eigenvalue weighted by Gasteiger charge is 2.38. The predicted octanol–water partition coefficient (Wildman–Crippen LogP) is 3.58. The van der Waals surface area contributed by atoms with Gasteiger partial charge in [-0.15, -0.1) is 5.10 Å². The Morgan fingerprint density at radius 2 is 1.73 bits per heavy atom. The summed E-state index contributed by atoms with van der Waals surface area (Å²) in [5.41, 5.74) is 0.697. The number of amides is 1. The fourth-order valence-electron chi connectivity index (χ4n) is 3.37. The van der Waals surface area contributed by atoms with Crippen LogP contribution in [0.15, 0.2) is 42.5 Å². The minimum Gasteiger partial charge on any atom is -0.382 e. The first-order chi connectivity index (χ1) is 15.4. The molecule has 0 aliphatic rings. The van der Waals surface area contributed by atoms with Gasteiger partial charge in [-0.2, -0.15) is 36.2 Å². The first-order valence-corrected chi connectivity index (χ1v) is 9.42. The van der Waals surface area contributed by atoms with Crippen molar-refractivity contribution < 1.29 is 36.2 Å². The zero-order valence-electron chi connectivity index (χ0n) is 16.7. The van der Waals surface area contributed by atoms with Crippen molar-refractivity contribution in [2.24, 2.45) is 7.05 Å². The molecule has 0 aliphatic heterocycles. The average molecular weight is 471 g/mol. The molecule has 0 saturated heterocycles. The molecular weight excluding hydrogens is 456 g/mol. The van der Waals surface area contributed by atoms with Crippen LogP contribution in [-0.2, 0) is 13.2 Å². The molecule has 0 bridgehead atoms. The van der Waals surface area contributed by atoms with Gasteiger partial charge < -0.3 is 10.4 Å². The van der Waals surface area contributed by atoms with E-state index in [1.54, 1.807) is 4.57 Å². The number of hydrogen-bond acceptors (Lipinski definition) is 4. The van der Waals surface area contributed by atoms with E-state index in [0.717, 1.165) is 12.1 Å². The molecule has 2 heterocycles. The Bertz CT molecular complexity index is 1340. The first-order valence-electron chi connectivity index (χ1n) is 9.42. The molecule has 4 aromatic rings. The molecule has 2 N–H and O–H groups in total. The van der Waals surface area contributed by atoms with Crippen LogP contribution in [0.5, 0.6) is 0 Å². The number of halogens is 6. The second-order valence-corrected chi connectivity index (χ2v) is 7.24. The molecule has 7 nitrogen and oxygen atoms in total. The summed E-state index contributed by atoms with van der Waals surface area (Å²) in [6, 6.07) is 8.63. The van der Waals surface area contributed by atoms with Gasteiger partial charge in [0.1, 0.15) is 5.52 Å². The molecule has 2 aromatic carbocycles. The minimum absolute atomic E-state index is 0.00833. The van der Waals surface area contributed by atoms with E-state index >= 15 is 0 Å². The molecule has 174 valence electrons. The van der Waals surface area contributed by atoms with Crippen LogP contribution in [0.4, 0.5) is 26.3 Å². The number of alkyl halides is 6. The Labute approximate surface area is 181 Å². The first kappa shape index (κ1) is 22.6. The van der Waals surface area contributed by atoms with Crippen molar-refractivity contribution in [2.45, 2.75) is 18.5 Å². The van der Waals surface area contributed by atoms with Gasteiger partial charge in [0.05, 0.1) is 17.6 Å². The fourth-order valence-corrected chi connectivity index (χ4v) is 3.37. The molecule has 1 amide bonds. The van der Waals surface area contributed by atoms with Gasteiger partial charge in [0.25, 0.3) is 5.91 Å². The molecule has 2 aromatic heterocycles. The highest BCUT2D eigenvalue weighted by molar-refractivity contribution is 6.08. The van der Waals surface area contributed by atoms with E-state index in [9.17, 15) is 31.1 Å². The number of nitrogens with zero attached hydrogens (tertiary/aromatic N) is 4. The molecule has 0 fully saturated rings. The van der Waals surface area contributed by atoms with Crippen LogP contribution in [0.1, 0.15) is 15.9 Å². The summed E-state index contributed by atoms with van der Waals surface area (Å²) in [6.07, 6.45) is -12.1. The second-order valence-electron chi connectivity index (χ2n) is 7.24. The number of aromatic nitrogens is 4. The lowest BCUT2D eigenvalue weighted by molar-refractivity contribution is -0.201. The average Bonchev–Trinajstić information content (AvgIpc) is 3.24. The van der Waals surface area contributed by atoms with Crippen LogP contribution in [0.3, 0.4) is 0 Å². The third kappa shape index (κ3) is 4.23. The molecule has 0 aliphatic carbocycles. The lowest BCUT2D eigenvalue weighted by atomic mass is 10.1. The van der Waals surface area contributed by atoms with Crippen molar-refractivity contribution in [3.63, 3.8) is 0 Å². The Morgan fingerprint density at radius 3 is 2.33 bits per heavy atom. The fraction of sp³-hybridized carbons (Fsp3) is 0.250. The third-order valence-electron chi connectivity index (χ3n) is 4.95. The van der Waals surface area contributed by atoms with Gasteiger partial charge in [0.15, 0.2) is 11.8 Å². The summed E-state index contributed by atoms with van der Waals surface area (Å²) in [5.74, 6) is -0.848. The topological polar surface area (TPSA) is 85.0 Å². The summed E-state index contributed by atoms with van der Waals surface area (Å²) in [5, 5.41) is 20.0. The number of aryl methyl sites for hydroxylation is 1. The van der Waals surface area contributed by atoms with E-state index in [-0.39, 0.29) is 5.56 Å². The number of benzene rings is 2. The molecule has 1 atom stereocenters. The number of aliphatic hydroxyl groups excluding tert-OH is 1. The normalized spacial score (nSPS) is 13.6. The van der Waals surface area contributed by atoms with Gasteiger partial charge in [0.2, 0.25) is 0 Å². The Morgan fingerprint density at radius 1 is 1.06 bits per heavy atom. The smallest absolute Gasteiger partial charge is 0.382 e. The van der Waals surface area contributed by atoms with Crippen molar-refractivity contribution in [1.29, 1.82) is 0 Å². The van der Waals surface area contributed by atoms with Crippen molar-refractivity contribution in [2.75, 3.05) is 6.54 Å². The lowest BCUT2D eigenvalue weighted by Gasteiger charge is -2.15. The van der Waals surface area contributed by atoms with Crippen molar-refractivity contribution in [3.05, 3.63) is 53.6 Å². The highest BCUT2D eigenvalue weighted by Crippen LogP contribution is 2.33. The summed E-state index contributed by atoms with van der Waals surface area (Å²) in [7, 11) is 1.54. The zero-order valence-corrected chi connectivity index (χ0v) is 16.7. The van der Waals surface area contributed by atoms with Crippen LogP contribution in [0.2, 0.25) is 0 Å². The van der Waals surface area contributed by atoms with Gasteiger partial charge >= 0.3 is 12.4 Å². The van der Waals surface area contributed by atoms with Crippen LogP contribution in [0, 0.1) is 0 Å². The predicted molar refractivity (Wildman–Crippen MR) is 105 cm³/mol. The van der Waals surface area contributed by atoms with Crippen LogP contribution in [0.25, 0.3) is 27.8 Å². The summed E-state index contributed by atoms with van der Waals surface area (Å²) in [6.45, 7) is -1.02. The van der Waals surface area contributed by atoms with Gasteiger partial charge in [-0.1, -0.05) is 0 Å². The number of carbonyl (C=O) groups excluding carboxylic acids is 1. The monoisotopic (exact) mass is 471 g/mol. The number of rotatable bonds is 4. The molecule has 0 spiro atoms. The van der Waals surface area contributed by atoms with Crippen LogP contribution >= 0.6 is 0 Å². The maximum Gasteiger partial charge on any atom is 0.416 e.